The van der Waals surface area contributed by atoms with E-state index in [2.05, 4.69) is 21.6 Å². The Balaban J connectivity index is 1.78. The molecule has 2 rings (SSSR count). The van der Waals surface area contributed by atoms with E-state index in [-0.39, 0.29) is 18.6 Å². The number of rotatable bonds is 5. The number of likely N-dealkylation sites (N-methyl/N-ethyl adjacent to an activating group) is 1. The second kappa shape index (κ2) is 8.08. The number of piperazine rings is 2. The molecule has 0 radical (unpaired) electrons. The average molecular weight is 298 g/mol. The molecule has 6 nitrogen and oxygen atoms in total. The molecule has 1 N–H and O–H groups in total. The lowest BCUT2D eigenvalue weighted by Gasteiger charge is -2.40. The molecule has 122 valence electrons. The van der Waals surface area contributed by atoms with Crippen LogP contribution in [0.3, 0.4) is 0 Å². The zero-order chi connectivity index (χ0) is 15.2. The van der Waals surface area contributed by atoms with Crippen LogP contribution in [0.25, 0.3) is 0 Å². The van der Waals surface area contributed by atoms with Gasteiger partial charge in [0.1, 0.15) is 0 Å². The first-order chi connectivity index (χ1) is 10.2. The largest absolute Gasteiger partial charge is 0.395 e. The summed E-state index contributed by atoms with van der Waals surface area (Å²) in [5, 5.41) is 8.97. The minimum atomic E-state index is -0.0190. The molecule has 0 aromatic rings. The molecule has 0 aromatic carbocycles. The number of hydrogen-bond donors (Lipinski definition) is 1. The van der Waals surface area contributed by atoms with Crippen LogP contribution < -0.4 is 0 Å². The van der Waals surface area contributed by atoms with Gasteiger partial charge >= 0.3 is 0 Å². The summed E-state index contributed by atoms with van der Waals surface area (Å²) in [6.45, 7) is 13.7. The molecule has 2 aliphatic rings. The molecule has 21 heavy (non-hydrogen) atoms. The average Bonchev–Trinajstić information content (AvgIpc) is 2.54. The Labute approximate surface area is 128 Å². The van der Waals surface area contributed by atoms with E-state index in [1.165, 1.54) is 0 Å². The lowest BCUT2D eigenvalue weighted by Crippen LogP contribution is -2.57. The first-order valence-corrected chi connectivity index (χ1v) is 8.24. The smallest absolute Gasteiger partial charge is 0.239 e. The van der Waals surface area contributed by atoms with Gasteiger partial charge in [0.2, 0.25) is 5.91 Å². The Kier molecular flexibility index (Phi) is 6.41. The normalized spacial score (nSPS) is 24.2. The van der Waals surface area contributed by atoms with Crippen LogP contribution in [-0.2, 0) is 4.79 Å². The summed E-state index contributed by atoms with van der Waals surface area (Å²) in [7, 11) is 0. The van der Waals surface area contributed by atoms with Crippen LogP contribution in [0.4, 0.5) is 0 Å². The maximum absolute atomic E-state index is 12.6. The van der Waals surface area contributed by atoms with E-state index < -0.39 is 0 Å². The molecule has 1 atom stereocenters. The Morgan fingerprint density at radius 3 is 2.10 bits per heavy atom. The summed E-state index contributed by atoms with van der Waals surface area (Å²) < 4.78 is 0. The molecule has 1 amide bonds. The van der Waals surface area contributed by atoms with Gasteiger partial charge in [0.25, 0.3) is 0 Å². The van der Waals surface area contributed by atoms with Crippen LogP contribution in [0.2, 0.25) is 0 Å². The Morgan fingerprint density at radius 2 is 1.57 bits per heavy atom. The van der Waals surface area contributed by atoms with Crippen LogP contribution >= 0.6 is 0 Å². The monoisotopic (exact) mass is 298 g/mol. The van der Waals surface area contributed by atoms with E-state index >= 15 is 0 Å². The van der Waals surface area contributed by atoms with E-state index in [0.29, 0.717) is 0 Å². The molecule has 1 unspecified atom stereocenters. The number of aliphatic hydroxyl groups excluding tert-OH is 1. The second-order valence-electron chi connectivity index (χ2n) is 6.04. The van der Waals surface area contributed by atoms with Gasteiger partial charge in [0.05, 0.1) is 12.6 Å². The first kappa shape index (κ1) is 16.7. The fourth-order valence-corrected chi connectivity index (χ4v) is 3.22. The summed E-state index contributed by atoms with van der Waals surface area (Å²) in [5.74, 6) is 0.279. The molecule has 2 fully saturated rings. The molecular weight excluding hydrogens is 268 g/mol. The molecule has 2 aliphatic heterocycles. The minimum Gasteiger partial charge on any atom is -0.395 e. The van der Waals surface area contributed by atoms with Gasteiger partial charge in [-0.15, -0.1) is 0 Å². The van der Waals surface area contributed by atoms with Gasteiger partial charge in [-0.05, 0) is 13.5 Å². The SMILES string of the molecule is CCN1CCN(C(=O)C(C)N2CCN(CCO)CC2)CC1. The van der Waals surface area contributed by atoms with Crippen molar-refractivity contribution in [2.75, 3.05) is 72.1 Å². The van der Waals surface area contributed by atoms with Crippen molar-refractivity contribution < 1.29 is 9.90 Å². The predicted octanol–water partition coefficient (Wildman–Crippen LogP) is -0.851. The fraction of sp³-hybridized carbons (Fsp3) is 0.933. The lowest BCUT2D eigenvalue weighted by molar-refractivity contribution is -0.138. The van der Waals surface area contributed by atoms with Crippen LogP contribution in [0, 0.1) is 0 Å². The number of hydrogen-bond acceptors (Lipinski definition) is 5. The number of nitrogens with zero attached hydrogens (tertiary/aromatic N) is 4. The molecule has 0 bridgehead atoms. The number of amides is 1. The van der Waals surface area contributed by atoms with Gasteiger partial charge in [0, 0.05) is 58.9 Å². The quantitative estimate of drug-likeness (QED) is 0.716. The van der Waals surface area contributed by atoms with Crippen molar-refractivity contribution in [3.8, 4) is 0 Å². The summed E-state index contributed by atoms with van der Waals surface area (Å²) in [4.78, 5) is 21.6. The first-order valence-electron chi connectivity index (χ1n) is 8.24. The van der Waals surface area contributed by atoms with Gasteiger partial charge in [-0.1, -0.05) is 6.92 Å². The van der Waals surface area contributed by atoms with Crippen LogP contribution in [0.15, 0.2) is 0 Å². The van der Waals surface area contributed by atoms with Crippen LogP contribution in [-0.4, -0.2) is 109 Å². The van der Waals surface area contributed by atoms with E-state index in [1.807, 2.05) is 11.8 Å². The third-order valence-corrected chi connectivity index (χ3v) is 4.86. The highest BCUT2D eigenvalue weighted by molar-refractivity contribution is 5.81. The summed E-state index contributed by atoms with van der Waals surface area (Å²) in [5.41, 5.74) is 0. The van der Waals surface area contributed by atoms with E-state index in [0.717, 1.165) is 65.4 Å². The van der Waals surface area contributed by atoms with Crippen molar-refractivity contribution in [3.63, 3.8) is 0 Å². The Hall–Kier alpha value is -0.690. The Morgan fingerprint density at radius 1 is 1.00 bits per heavy atom. The fourth-order valence-electron chi connectivity index (χ4n) is 3.22. The molecule has 0 saturated carbocycles. The summed E-state index contributed by atoms with van der Waals surface area (Å²) in [6.07, 6.45) is 0. The number of aliphatic hydroxyl groups is 1. The Bertz CT molecular complexity index is 324. The highest BCUT2D eigenvalue weighted by Gasteiger charge is 2.29. The molecule has 2 saturated heterocycles. The van der Waals surface area contributed by atoms with Crippen molar-refractivity contribution >= 4 is 5.91 Å². The van der Waals surface area contributed by atoms with Gasteiger partial charge in [-0.25, -0.2) is 0 Å². The molecule has 6 heteroatoms. The van der Waals surface area contributed by atoms with Crippen molar-refractivity contribution in [1.82, 2.24) is 19.6 Å². The summed E-state index contributed by atoms with van der Waals surface area (Å²) in [6, 6.07) is -0.0190. The van der Waals surface area contributed by atoms with Crippen molar-refractivity contribution in [3.05, 3.63) is 0 Å². The molecule has 0 aromatic heterocycles. The lowest BCUT2D eigenvalue weighted by atomic mass is 10.2. The summed E-state index contributed by atoms with van der Waals surface area (Å²) >= 11 is 0. The maximum Gasteiger partial charge on any atom is 0.239 e. The van der Waals surface area contributed by atoms with Gasteiger partial charge < -0.3 is 14.9 Å². The van der Waals surface area contributed by atoms with Crippen molar-refractivity contribution in [2.24, 2.45) is 0 Å². The maximum atomic E-state index is 12.6. The number of carbonyl (C=O) groups excluding carboxylic acids is 1. The standard InChI is InChI=1S/C15H30N4O2/c1-3-16-4-10-19(11-5-16)15(21)14(2)18-8-6-17(7-9-18)12-13-20/h14,20H,3-13H2,1-2H3. The molecule has 2 heterocycles. The van der Waals surface area contributed by atoms with E-state index in [9.17, 15) is 4.79 Å². The number of β-amino-alcohol motifs (C(OH)–C–C–N with tert-alkyl or cyclic N) is 1. The third kappa shape index (κ3) is 4.39. The topological polar surface area (TPSA) is 50.3 Å². The number of carbonyl (C=O) groups is 1. The van der Waals surface area contributed by atoms with Gasteiger partial charge in [-0.3, -0.25) is 14.6 Å². The van der Waals surface area contributed by atoms with Gasteiger partial charge in [-0.2, -0.15) is 0 Å². The molecule has 0 spiro atoms. The van der Waals surface area contributed by atoms with E-state index in [1.54, 1.807) is 0 Å². The predicted molar refractivity (Wildman–Crippen MR) is 83.3 cm³/mol. The van der Waals surface area contributed by atoms with E-state index in [4.69, 9.17) is 5.11 Å². The third-order valence-electron chi connectivity index (χ3n) is 4.86. The van der Waals surface area contributed by atoms with Crippen LogP contribution in [0.5, 0.6) is 0 Å². The highest BCUT2D eigenvalue weighted by atomic mass is 16.3. The second-order valence-corrected chi connectivity index (χ2v) is 6.04. The highest BCUT2D eigenvalue weighted by Crippen LogP contribution is 2.11. The van der Waals surface area contributed by atoms with Crippen molar-refractivity contribution in [2.45, 2.75) is 19.9 Å². The zero-order valence-corrected chi connectivity index (χ0v) is 13.5. The van der Waals surface area contributed by atoms with Crippen LogP contribution in [0.1, 0.15) is 13.8 Å². The van der Waals surface area contributed by atoms with Crippen molar-refractivity contribution in [1.29, 1.82) is 0 Å². The molecule has 0 aliphatic carbocycles. The van der Waals surface area contributed by atoms with Gasteiger partial charge in [0.15, 0.2) is 0 Å². The molecular formula is C15H30N4O2. The minimum absolute atomic E-state index is 0.0190. The zero-order valence-electron chi connectivity index (χ0n) is 13.5.